The van der Waals surface area contributed by atoms with Crippen molar-refractivity contribution in [3.63, 3.8) is 0 Å². The molecule has 0 fully saturated rings. The van der Waals surface area contributed by atoms with Gasteiger partial charge in [0.05, 0.1) is 6.33 Å². The molecule has 0 saturated heterocycles. The number of aromatic nitrogens is 5. The quantitative estimate of drug-likeness (QED) is 0.290. The molecular weight excluding hydrogens is 463 g/mol. The lowest BCUT2D eigenvalue weighted by Gasteiger charge is -2.15. The first kappa shape index (κ1) is 23.7. The Morgan fingerprint density at radius 3 is 2.60 bits per heavy atom. The van der Waals surface area contributed by atoms with Crippen molar-refractivity contribution in [1.82, 2.24) is 24.9 Å². The molecule has 4 N–H and O–H groups in total. The number of anilines is 3. The maximum atomic E-state index is 12.9. The minimum Gasteiger partial charge on any atom is -0.480 e. The second-order valence-electron chi connectivity index (χ2n) is 7.72. The largest absolute Gasteiger partial charge is 0.480 e. The van der Waals surface area contributed by atoms with Crippen molar-refractivity contribution in [1.29, 1.82) is 0 Å². The predicted molar refractivity (Wildman–Crippen MR) is 122 cm³/mol. The molecule has 35 heavy (non-hydrogen) atoms. The minimum atomic E-state index is -4.57. The van der Waals surface area contributed by atoms with Gasteiger partial charge in [0.25, 0.3) is 0 Å². The topological polar surface area (TPSA) is 129 Å². The standard InChI is InChI=1S/C23H20F3N7O2/c1-13-6-15(8-16(7-13)31-22-28-5-4-19(33-22)23(24,25)26)14-2-3-20(29-10-14)32-18(21(34)35)9-17-11-27-12-30-17/h2-8,10-12,18H,9H2,1H3,(H,27,30)(H,29,32)(H,34,35)(H,28,31,33)/t18-/m1/s1. The van der Waals surface area contributed by atoms with E-state index in [4.69, 9.17) is 0 Å². The van der Waals surface area contributed by atoms with Crippen LogP contribution in [0, 0.1) is 6.92 Å². The summed E-state index contributed by atoms with van der Waals surface area (Å²) in [4.78, 5) is 30.1. The maximum Gasteiger partial charge on any atom is 0.433 e. The van der Waals surface area contributed by atoms with E-state index in [0.717, 1.165) is 29.0 Å². The highest BCUT2D eigenvalue weighted by atomic mass is 19.4. The number of hydrogen-bond acceptors (Lipinski definition) is 7. The zero-order chi connectivity index (χ0) is 25.0. The molecule has 3 heterocycles. The van der Waals surface area contributed by atoms with Crippen molar-refractivity contribution >= 4 is 23.4 Å². The number of benzene rings is 1. The summed E-state index contributed by atoms with van der Waals surface area (Å²) in [6.45, 7) is 1.85. The molecule has 0 amide bonds. The third-order valence-electron chi connectivity index (χ3n) is 4.98. The van der Waals surface area contributed by atoms with Crippen molar-refractivity contribution in [2.75, 3.05) is 10.6 Å². The van der Waals surface area contributed by atoms with Gasteiger partial charge in [0, 0.05) is 42.0 Å². The van der Waals surface area contributed by atoms with Crippen LogP contribution < -0.4 is 10.6 Å². The van der Waals surface area contributed by atoms with E-state index >= 15 is 0 Å². The number of nitrogens with zero attached hydrogens (tertiary/aromatic N) is 4. The highest BCUT2D eigenvalue weighted by molar-refractivity contribution is 5.77. The fourth-order valence-electron chi connectivity index (χ4n) is 3.37. The van der Waals surface area contributed by atoms with Crippen LogP contribution in [0.3, 0.4) is 0 Å². The van der Waals surface area contributed by atoms with E-state index in [1.165, 1.54) is 6.33 Å². The summed E-state index contributed by atoms with van der Waals surface area (Å²) in [5.41, 5.74) is 2.48. The van der Waals surface area contributed by atoms with E-state index in [0.29, 0.717) is 17.2 Å². The average molecular weight is 483 g/mol. The van der Waals surface area contributed by atoms with Crippen LogP contribution in [0.1, 0.15) is 17.0 Å². The van der Waals surface area contributed by atoms with Gasteiger partial charge >= 0.3 is 12.1 Å². The summed E-state index contributed by atoms with van der Waals surface area (Å²) in [6, 6.07) is 8.70. The third-order valence-corrected chi connectivity index (χ3v) is 4.98. The van der Waals surface area contributed by atoms with Gasteiger partial charge in [-0.3, -0.25) is 0 Å². The summed E-state index contributed by atoms with van der Waals surface area (Å²) in [7, 11) is 0. The molecule has 0 radical (unpaired) electrons. The van der Waals surface area contributed by atoms with Crippen LogP contribution in [0.2, 0.25) is 0 Å². The summed E-state index contributed by atoms with van der Waals surface area (Å²) in [5, 5.41) is 15.2. The molecule has 4 aromatic rings. The number of carbonyl (C=O) groups is 1. The van der Waals surface area contributed by atoms with E-state index in [1.54, 1.807) is 36.7 Å². The van der Waals surface area contributed by atoms with Gasteiger partial charge in [-0.2, -0.15) is 13.2 Å². The molecule has 0 bridgehead atoms. The third kappa shape index (κ3) is 6.10. The highest BCUT2D eigenvalue weighted by Gasteiger charge is 2.32. The molecule has 0 aliphatic rings. The monoisotopic (exact) mass is 483 g/mol. The number of rotatable bonds is 8. The molecular formula is C23H20F3N7O2. The zero-order valence-electron chi connectivity index (χ0n) is 18.3. The zero-order valence-corrected chi connectivity index (χ0v) is 18.3. The number of carboxylic acids is 1. The van der Waals surface area contributed by atoms with Crippen molar-refractivity contribution in [2.45, 2.75) is 25.6 Å². The molecule has 180 valence electrons. The van der Waals surface area contributed by atoms with Gasteiger partial charge < -0.3 is 20.7 Å². The molecule has 1 atom stereocenters. The van der Waals surface area contributed by atoms with Gasteiger partial charge in [0.1, 0.15) is 17.6 Å². The first-order chi connectivity index (χ1) is 16.7. The van der Waals surface area contributed by atoms with E-state index < -0.39 is 23.9 Å². The number of halogens is 3. The van der Waals surface area contributed by atoms with Gasteiger partial charge in [-0.25, -0.2) is 24.7 Å². The number of imidazole rings is 1. The number of nitrogens with one attached hydrogen (secondary N) is 3. The van der Waals surface area contributed by atoms with Crippen LogP contribution in [-0.2, 0) is 17.4 Å². The Bertz CT molecular complexity index is 1310. The van der Waals surface area contributed by atoms with Crippen LogP contribution in [0.4, 0.5) is 30.6 Å². The fraction of sp³-hybridized carbons (Fsp3) is 0.174. The molecule has 0 unspecified atom stereocenters. The Morgan fingerprint density at radius 2 is 1.94 bits per heavy atom. The smallest absolute Gasteiger partial charge is 0.433 e. The summed E-state index contributed by atoms with van der Waals surface area (Å²) >= 11 is 0. The van der Waals surface area contributed by atoms with E-state index in [9.17, 15) is 23.1 Å². The lowest BCUT2D eigenvalue weighted by Crippen LogP contribution is -2.32. The summed E-state index contributed by atoms with van der Waals surface area (Å²) in [5.74, 6) is -0.827. The normalized spacial score (nSPS) is 12.2. The second-order valence-corrected chi connectivity index (χ2v) is 7.72. The van der Waals surface area contributed by atoms with Gasteiger partial charge in [-0.05, 0) is 48.4 Å². The Kier molecular flexibility index (Phi) is 6.62. The Morgan fingerprint density at radius 1 is 1.11 bits per heavy atom. The van der Waals surface area contributed by atoms with Crippen LogP contribution in [-0.4, -0.2) is 42.0 Å². The van der Waals surface area contributed by atoms with Crippen LogP contribution in [0.5, 0.6) is 0 Å². The SMILES string of the molecule is Cc1cc(Nc2nccc(C(F)(F)F)n2)cc(-c2ccc(N[C@H](Cc3cnc[nH]3)C(=O)O)nc2)c1. The number of aryl methyl sites for hydroxylation is 1. The highest BCUT2D eigenvalue weighted by Crippen LogP contribution is 2.29. The molecule has 0 spiro atoms. The Labute approximate surface area is 197 Å². The summed E-state index contributed by atoms with van der Waals surface area (Å²) < 4.78 is 38.8. The minimum absolute atomic E-state index is 0.175. The number of H-pyrrole nitrogens is 1. The molecule has 4 rings (SSSR count). The molecule has 0 saturated carbocycles. The van der Waals surface area contributed by atoms with Gasteiger partial charge in [-0.1, -0.05) is 6.07 Å². The van der Waals surface area contributed by atoms with Crippen LogP contribution >= 0.6 is 0 Å². The second kappa shape index (κ2) is 9.79. The van der Waals surface area contributed by atoms with Crippen molar-refractivity contribution in [3.05, 3.63) is 78.3 Å². The molecule has 1 aromatic carbocycles. The van der Waals surface area contributed by atoms with Crippen LogP contribution in [0.15, 0.2) is 61.3 Å². The summed E-state index contributed by atoms with van der Waals surface area (Å²) in [6.07, 6.45) is 1.28. The molecule has 0 aliphatic carbocycles. The fourth-order valence-corrected chi connectivity index (χ4v) is 3.37. The Balaban J connectivity index is 1.51. The number of aliphatic carboxylic acids is 1. The molecule has 12 heteroatoms. The first-order valence-electron chi connectivity index (χ1n) is 10.4. The van der Waals surface area contributed by atoms with Gasteiger partial charge in [0.15, 0.2) is 0 Å². The Hall–Kier alpha value is -4.48. The molecule has 0 aliphatic heterocycles. The van der Waals surface area contributed by atoms with Crippen molar-refractivity contribution in [2.24, 2.45) is 0 Å². The lowest BCUT2D eigenvalue weighted by molar-refractivity contribution is -0.141. The lowest BCUT2D eigenvalue weighted by atomic mass is 10.0. The number of aromatic amines is 1. The van der Waals surface area contributed by atoms with E-state index in [-0.39, 0.29) is 12.4 Å². The van der Waals surface area contributed by atoms with E-state index in [1.807, 2.05) is 13.0 Å². The van der Waals surface area contributed by atoms with Gasteiger partial charge in [-0.15, -0.1) is 0 Å². The first-order valence-corrected chi connectivity index (χ1v) is 10.4. The van der Waals surface area contributed by atoms with Gasteiger partial charge in [0.2, 0.25) is 5.95 Å². The molecule has 3 aromatic heterocycles. The number of alkyl halides is 3. The average Bonchev–Trinajstić information content (AvgIpc) is 3.31. The van der Waals surface area contributed by atoms with Crippen LogP contribution in [0.25, 0.3) is 11.1 Å². The predicted octanol–water partition coefficient (Wildman–Crippen LogP) is 4.44. The number of pyridine rings is 1. The number of carboxylic acid groups (broad SMARTS) is 1. The van der Waals surface area contributed by atoms with Crippen molar-refractivity contribution in [3.8, 4) is 11.1 Å². The number of hydrogen-bond donors (Lipinski definition) is 4. The maximum absolute atomic E-state index is 12.9. The van der Waals surface area contributed by atoms with E-state index in [2.05, 4.69) is 35.6 Å². The van der Waals surface area contributed by atoms with Crippen molar-refractivity contribution < 1.29 is 23.1 Å². The molecule has 9 nitrogen and oxygen atoms in total.